The molecule has 166 valence electrons. The Hall–Kier alpha value is -3.02. The minimum absolute atomic E-state index is 0.0480. The van der Waals surface area contributed by atoms with E-state index in [1.54, 1.807) is 18.2 Å². The van der Waals surface area contributed by atoms with Gasteiger partial charge in [-0.05, 0) is 69.2 Å². The summed E-state index contributed by atoms with van der Waals surface area (Å²) in [5, 5.41) is 5.92. The quantitative estimate of drug-likeness (QED) is 0.670. The van der Waals surface area contributed by atoms with Crippen LogP contribution in [0.1, 0.15) is 61.4 Å². The summed E-state index contributed by atoms with van der Waals surface area (Å²) in [5.74, 6) is 1.11. The Labute approximate surface area is 184 Å². The predicted molar refractivity (Wildman–Crippen MR) is 121 cm³/mol. The van der Waals surface area contributed by atoms with Gasteiger partial charge in [0.25, 0.3) is 11.8 Å². The van der Waals surface area contributed by atoms with Gasteiger partial charge in [-0.3, -0.25) is 9.59 Å². The molecule has 2 amide bonds. The van der Waals surface area contributed by atoms with Crippen LogP contribution in [0.2, 0.25) is 0 Å². The van der Waals surface area contributed by atoms with Crippen LogP contribution in [0.4, 0.5) is 0 Å². The van der Waals surface area contributed by atoms with Crippen molar-refractivity contribution in [2.45, 2.75) is 57.5 Å². The lowest BCUT2D eigenvalue weighted by atomic mass is 9.82. The number of hydrogen-bond acceptors (Lipinski definition) is 4. The van der Waals surface area contributed by atoms with Crippen LogP contribution >= 0.6 is 0 Å². The van der Waals surface area contributed by atoms with Gasteiger partial charge in [0.05, 0.1) is 7.11 Å². The molecule has 31 heavy (non-hydrogen) atoms. The smallest absolute Gasteiger partial charge is 0.258 e. The van der Waals surface area contributed by atoms with Crippen LogP contribution in [0.5, 0.6) is 11.5 Å². The van der Waals surface area contributed by atoms with Gasteiger partial charge in [0.1, 0.15) is 0 Å². The van der Waals surface area contributed by atoms with E-state index in [9.17, 15) is 9.59 Å². The molecule has 0 aromatic heterocycles. The highest BCUT2D eigenvalue weighted by molar-refractivity contribution is 5.95. The maximum Gasteiger partial charge on any atom is 0.258 e. The van der Waals surface area contributed by atoms with Crippen LogP contribution in [0, 0.1) is 0 Å². The Morgan fingerprint density at radius 1 is 1.00 bits per heavy atom. The van der Waals surface area contributed by atoms with Crippen molar-refractivity contribution in [1.29, 1.82) is 0 Å². The van der Waals surface area contributed by atoms with E-state index in [0.29, 0.717) is 23.0 Å². The average Bonchev–Trinajstić information content (AvgIpc) is 2.78. The second-order valence-electron chi connectivity index (χ2n) is 8.31. The first-order valence-electron chi connectivity index (χ1n) is 10.9. The molecule has 6 heteroatoms. The summed E-state index contributed by atoms with van der Waals surface area (Å²) in [7, 11) is 1.52. The summed E-state index contributed by atoms with van der Waals surface area (Å²) in [4.78, 5) is 24.6. The zero-order valence-electron chi connectivity index (χ0n) is 18.5. The van der Waals surface area contributed by atoms with E-state index in [-0.39, 0.29) is 30.5 Å². The van der Waals surface area contributed by atoms with Crippen molar-refractivity contribution in [3.8, 4) is 11.5 Å². The number of methoxy groups -OCH3 is 1. The van der Waals surface area contributed by atoms with E-state index in [2.05, 4.69) is 34.9 Å². The zero-order chi connectivity index (χ0) is 22.2. The lowest BCUT2D eigenvalue weighted by Gasteiger charge is -2.29. The van der Waals surface area contributed by atoms with Gasteiger partial charge in [0.2, 0.25) is 0 Å². The van der Waals surface area contributed by atoms with E-state index >= 15 is 0 Å². The lowest BCUT2D eigenvalue weighted by molar-refractivity contribution is -0.123. The standard InChI is InChI=1S/C25H32N2O4/c1-17(2)26-24(28)16-31-22-14-11-20(15-23(22)30-3)25(29)27-21-12-9-19(10-13-21)18-7-5-4-6-8-18/h4-8,11,14-15,17,19,21H,9-10,12-13,16H2,1-3H3,(H,26,28)(H,27,29). The molecule has 0 aliphatic heterocycles. The second kappa shape index (κ2) is 10.8. The molecule has 0 spiro atoms. The monoisotopic (exact) mass is 424 g/mol. The molecule has 6 nitrogen and oxygen atoms in total. The van der Waals surface area contributed by atoms with E-state index in [0.717, 1.165) is 25.7 Å². The Morgan fingerprint density at radius 2 is 1.71 bits per heavy atom. The molecule has 0 bridgehead atoms. The SMILES string of the molecule is COc1cc(C(=O)NC2CCC(c3ccccc3)CC2)ccc1OCC(=O)NC(C)C. The molecule has 0 heterocycles. The maximum absolute atomic E-state index is 12.8. The van der Waals surface area contributed by atoms with Gasteiger partial charge in [0, 0.05) is 17.6 Å². The van der Waals surface area contributed by atoms with Crippen molar-refractivity contribution < 1.29 is 19.1 Å². The molecule has 1 aliphatic carbocycles. The van der Waals surface area contributed by atoms with Gasteiger partial charge in [-0.15, -0.1) is 0 Å². The summed E-state index contributed by atoms with van der Waals surface area (Å²) in [6.45, 7) is 3.67. The van der Waals surface area contributed by atoms with E-state index in [1.165, 1.54) is 12.7 Å². The topological polar surface area (TPSA) is 76.7 Å². The van der Waals surface area contributed by atoms with E-state index in [1.807, 2.05) is 19.9 Å². The number of carbonyl (C=O) groups excluding carboxylic acids is 2. The molecule has 1 fully saturated rings. The van der Waals surface area contributed by atoms with Crippen molar-refractivity contribution in [3.63, 3.8) is 0 Å². The van der Waals surface area contributed by atoms with Crippen LogP contribution in [-0.2, 0) is 4.79 Å². The molecular weight excluding hydrogens is 392 g/mol. The van der Waals surface area contributed by atoms with Crippen molar-refractivity contribution in [3.05, 3.63) is 59.7 Å². The number of carbonyl (C=O) groups is 2. The highest BCUT2D eigenvalue weighted by Gasteiger charge is 2.24. The van der Waals surface area contributed by atoms with Crippen molar-refractivity contribution >= 4 is 11.8 Å². The molecule has 0 atom stereocenters. The number of rotatable bonds is 8. The fourth-order valence-corrected chi connectivity index (χ4v) is 4.00. The minimum atomic E-state index is -0.204. The van der Waals surface area contributed by atoms with Gasteiger partial charge in [-0.2, -0.15) is 0 Å². The maximum atomic E-state index is 12.8. The number of benzene rings is 2. The zero-order valence-corrected chi connectivity index (χ0v) is 18.5. The van der Waals surface area contributed by atoms with Crippen LogP contribution in [-0.4, -0.2) is 37.6 Å². The predicted octanol–water partition coefficient (Wildman–Crippen LogP) is 4.05. The third-order valence-corrected chi connectivity index (χ3v) is 5.57. The first-order chi connectivity index (χ1) is 15.0. The van der Waals surface area contributed by atoms with Crippen molar-refractivity contribution in [1.82, 2.24) is 10.6 Å². The lowest BCUT2D eigenvalue weighted by Crippen LogP contribution is -2.37. The fraction of sp³-hybridized carbons (Fsp3) is 0.440. The Balaban J connectivity index is 1.54. The third-order valence-electron chi connectivity index (χ3n) is 5.57. The summed E-state index contributed by atoms with van der Waals surface area (Å²) >= 11 is 0. The van der Waals surface area contributed by atoms with Gasteiger partial charge < -0.3 is 20.1 Å². The Morgan fingerprint density at radius 3 is 2.35 bits per heavy atom. The number of ether oxygens (including phenoxy) is 2. The Kier molecular flexibility index (Phi) is 7.93. The molecule has 1 saturated carbocycles. The van der Waals surface area contributed by atoms with Gasteiger partial charge in [-0.1, -0.05) is 30.3 Å². The average molecular weight is 425 g/mol. The summed E-state index contributed by atoms with van der Waals surface area (Å²) in [6, 6.07) is 15.8. The van der Waals surface area contributed by atoms with Crippen LogP contribution in [0.3, 0.4) is 0 Å². The first kappa shape index (κ1) is 22.7. The molecule has 2 aromatic carbocycles. The highest BCUT2D eigenvalue weighted by atomic mass is 16.5. The Bertz CT molecular complexity index is 874. The van der Waals surface area contributed by atoms with Crippen LogP contribution in [0.15, 0.2) is 48.5 Å². The fourth-order valence-electron chi connectivity index (χ4n) is 4.00. The third kappa shape index (κ3) is 6.48. The molecule has 0 unspecified atom stereocenters. The van der Waals surface area contributed by atoms with Crippen LogP contribution < -0.4 is 20.1 Å². The van der Waals surface area contributed by atoms with Gasteiger partial charge in [-0.25, -0.2) is 0 Å². The van der Waals surface area contributed by atoms with Gasteiger partial charge >= 0.3 is 0 Å². The molecule has 3 rings (SSSR count). The van der Waals surface area contributed by atoms with Gasteiger partial charge in [0.15, 0.2) is 18.1 Å². The van der Waals surface area contributed by atoms with E-state index in [4.69, 9.17) is 9.47 Å². The molecule has 1 aliphatic rings. The van der Waals surface area contributed by atoms with Crippen LogP contribution in [0.25, 0.3) is 0 Å². The molecule has 0 saturated heterocycles. The number of nitrogens with one attached hydrogen (secondary N) is 2. The normalized spacial score (nSPS) is 18.3. The minimum Gasteiger partial charge on any atom is -0.493 e. The second-order valence-corrected chi connectivity index (χ2v) is 8.31. The number of hydrogen-bond donors (Lipinski definition) is 2. The van der Waals surface area contributed by atoms with E-state index < -0.39 is 0 Å². The molecule has 2 N–H and O–H groups in total. The summed E-state index contributed by atoms with van der Waals surface area (Å²) in [5.41, 5.74) is 1.90. The summed E-state index contributed by atoms with van der Waals surface area (Å²) in [6.07, 6.45) is 4.08. The molecule has 0 radical (unpaired) electrons. The van der Waals surface area contributed by atoms with Crippen molar-refractivity contribution in [2.75, 3.05) is 13.7 Å². The first-order valence-corrected chi connectivity index (χ1v) is 10.9. The summed E-state index contributed by atoms with van der Waals surface area (Å²) < 4.78 is 10.9. The number of amides is 2. The molecule has 2 aromatic rings. The van der Waals surface area contributed by atoms with Crippen molar-refractivity contribution in [2.24, 2.45) is 0 Å². The highest BCUT2D eigenvalue weighted by Crippen LogP contribution is 2.33. The largest absolute Gasteiger partial charge is 0.493 e. The molecular formula is C25H32N2O4.